The third-order valence-electron chi connectivity index (χ3n) is 4.27. The number of rotatable bonds is 4. The van der Waals surface area contributed by atoms with Crippen LogP contribution < -0.4 is 4.46 Å². The summed E-state index contributed by atoms with van der Waals surface area (Å²) in [5.41, 5.74) is 0. The average molecular weight is 323 g/mol. The second-order valence-electron chi connectivity index (χ2n) is 5.42. The minimum atomic E-state index is 0.0632. The fourth-order valence-electron chi connectivity index (χ4n) is 3.41. The molecule has 1 aromatic carbocycles. The van der Waals surface area contributed by atoms with Gasteiger partial charge in [0.25, 0.3) is 0 Å². The van der Waals surface area contributed by atoms with Crippen molar-refractivity contribution in [2.24, 2.45) is 17.8 Å². The van der Waals surface area contributed by atoms with Crippen LogP contribution in [0.3, 0.4) is 0 Å². The Morgan fingerprint density at radius 2 is 2.11 bits per heavy atom. The summed E-state index contributed by atoms with van der Waals surface area (Å²) in [4.78, 5) is 12.7. The molecule has 0 spiro atoms. The minimum absolute atomic E-state index is 0.0632. The van der Waals surface area contributed by atoms with Gasteiger partial charge in [-0.1, -0.05) is 0 Å². The molecule has 2 aliphatic rings. The van der Waals surface area contributed by atoms with E-state index >= 15 is 0 Å². The molecule has 0 saturated heterocycles. The standard InChI is InChI=1S/C16H20O2Se/c1-2-18-16(17)15-12-9-6-10-13(14(12)15)19-11-7-4-3-5-8-11/h3-5,7-8,12-15H,2,6,9-10H2,1H3/t12-,13?,14-,15+/m0/s1. The quantitative estimate of drug-likeness (QED) is 0.628. The van der Waals surface area contributed by atoms with E-state index in [1.165, 1.54) is 23.7 Å². The van der Waals surface area contributed by atoms with Crippen LogP contribution in [0.25, 0.3) is 0 Å². The van der Waals surface area contributed by atoms with Crippen LogP contribution in [0.5, 0.6) is 0 Å². The van der Waals surface area contributed by atoms with Crippen molar-refractivity contribution in [2.75, 3.05) is 6.61 Å². The average Bonchev–Trinajstić information content (AvgIpc) is 3.16. The molecule has 2 saturated carbocycles. The Kier molecular flexibility index (Phi) is 3.95. The molecule has 4 atom stereocenters. The van der Waals surface area contributed by atoms with Crippen LogP contribution in [-0.2, 0) is 9.53 Å². The van der Waals surface area contributed by atoms with Crippen LogP contribution in [0.15, 0.2) is 30.3 Å². The van der Waals surface area contributed by atoms with E-state index in [0.29, 0.717) is 33.4 Å². The van der Waals surface area contributed by atoms with Gasteiger partial charge in [0.1, 0.15) is 0 Å². The van der Waals surface area contributed by atoms with Gasteiger partial charge >= 0.3 is 121 Å². The van der Waals surface area contributed by atoms with E-state index < -0.39 is 0 Å². The van der Waals surface area contributed by atoms with Gasteiger partial charge in [0.2, 0.25) is 0 Å². The molecule has 0 radical (unpaired) electrons. The molecule has 0 aromatic heterocycles. The number of fused-ring (bicyclic) bond motifs is 1. The van der Waals surface area contributed by atoms with Crippen molar-refractivity contribution in [1.82, 2.24) is 0 Å². The normalized spacial score (nSPS) is 32.5. The Balaban J connectivity index is 1.65. The number of ether oxygens (including phenoxy) is 1. The maximum atomic E-state index is 12.0. The molecule has 19 heavy (non-hydrogen) atoms. The zero-order valence-electron chi connectivity index (χ0n) is 11.2. The van der Waals surface area contributed by atoms with Gasteiger partial charge in [-0.3, -0.25) is 0 Å². The van der Waals surface area contributed by atoms with Crippen LogP contribution in [0.4, 0.5) is 0 Å². The Bertz CT molecular complexity index is 445. The van der Waals surface area contributed by atoms with Crippen LogP contribution in [0.1, 0.15) is 26.2 Å². The molecule has 0 bridgehead atoms. The van der Waals surface area contributed by atoms with Crippen molar-refractivity contribution in [3.8, 4) is 0 Å². The molecular weight excluding hydrogens is 303 g/mol. The van der Waals surface area contributed by atoms with Gasteiger partial charge in [-0.05, 0) is 0 Å². The first-order valence-corrected chi connectivity index (χ1v) is 9.04. The van der Waals surface area contributed by atoms with Crippen molar-refractivity contribution < 1.29 is 9.53 Å². The van der Waals surface area contributed by atoms with Gasteiger partial charge in [0.05, 0.1) is 0 Å². The summed E-state index contributed by atoms with van der Waals surface area (Å²) >= 11 is 0.506. The summed E-state index contributed by atoms with van der Waals surface area (Å²) in [6.07, 6.45) is 3.82. The van der Waals surface area contributed by atoms with Gasteiger partial charge in [0, 0.05) is 0 Å². The predicted molar refractivity (Wildman–Crippen MR) is 76.5 cm³/mol. The molecule has 1 unspecified atom stereocenters. The molecule has 3 rings (SSSR count). The molecule has 0 heterocycles. The van der Waals surface area contributed by atoms with E-state index in [0.717, 1.165) is 4.82 Å². The molecule has 0 N–H and O–H groups in total. The van der Waals surface area contributed by atoms with E-state index in [1.54, 1.807) is 0 Å². The van der Waals surface area contributed by atoms with Crippen LogP contribution >= 0.6 is 0 Å². The maximum absolute atomic E-state index is 12.0. The molecule has 102 valence electrons. The third kappa shape index (κ3) is 2.73. The fraction of sp³-hybridized carbons (Fsp3) is 0.562. The molecule has 2 nitrogen and oxygen atoms in total. The van der Waals surface area contributed by atoms with Gasteiger partial charge in [-0.25, -0.2) is 0 Å². The van der Waals surface area contributed by atoms with Gasteiger partial charge < -0.3 is 0 Å². The van der Waals surface area contributed by atoms with Crippen molar-refractivity contribution in [3.63, 3.8) is 0 Å². The van der Waals surface area contributed by atoms with Gasteiger partial charge in [-0.2, -0.15) is 0 Å². The number of benzene rings is 1. The van der Waals surface area contributed by atoms with Crippen LogP contribution in [-0.4, -0.2) is 27.5 Å². The first-order chi connectivity index (χ1) is 9.31. The van der Waals surface area contributed by atoms with E-state index in [4.69, 9.17) is 4.74 Å². The zero-order chi connectivity index (χ0) is 13.2. The monoisotopic (exact) mass is 324 g/mol. The van der Waals surface area contributed by atoms with Gasteiger partial charge in [-0.15, -0.1) is 0 Å². The Labute approximate surface area is 121 Å². The van der Waals surface area contributed by atoms with Crippen LogP contribution in [0.2, 0.25) is 4.82 Å². The summed E-state index contributed by atoms with van der Waals surface area (Å²) in [6, 6.07) is 10.8. The Hall–Kier alpha value is -0.791. The second kappa shape index (κ2) is 5.68. The number of hydrogen-bond donors (Lipinski definition) is 0. The van der Waals surface area contributed by atoms with E-state index in [9.17, 15) is 4.79 Å². The second-order valence-corrected chi connectivity index (χ2v) is 8.17. The van der Waals surface area contributed by atoms with E-state index in [-0.39, 0.29) is 11.9 Å². The SMILES string of the molecule is CCOC(=O)[C@@H]1[C@H]2CCCC([Se]c3ccccc3)[C@H]21. The van der Waals surface area contributed by atoms with Crippen molar-refractivity contribution in [1.29, 1.82) is 0 Å². The third-order valence-corrected chi connectivity index (χ3v) is 7.21. The Morgan fingerprint density at radius 1 is 1.32 bits per heavy atom. The molecule has 2 fully saturated rings. The summed E-state index contributed by atoms with van der Waals surface area (Å²) in [5, 5.41) is 0. The number of esters is 1. The van der Waals surface area contributed by atoms with Crippen LogP contribution in [0, 0.1) is 17.8 Å². The summed E-state index contributed by atoms with van der Waals surface area (Å²) in [6.45, 7) is 2.42. The summed E-state index contributed by atoms with van der Waals surface area (Å²) in [5.74, 6) is 1.53. The first-order valence-electron chi connectivity index (χ1n) is 7.19. The fourth-order valence-corrected chi connectivity index (χ4v) is 6.51. The molecular formula is C16H20O2Se. The van der Waals surface area contributed by atoms with Crippen molar-refractivity contribution >= 4 is 25.4 Å². The first kappa shape index (κ1) is 13.2. The van der Waals surface area contributed by atoms with E-state index in [1.807, 2.05) is 6.92 Å². The zero-order valence-corrected chi connectivity index (χ0v) is 13.0. The predicted octanol–water partition coefficient (Wildman–Crippen LogP) is 2.41. The van der Waals surface area contributed by atoms with Gasteiger partial charge in [0.15, 0.2) is 0 Å². The number of hydrogen-bond acceptors (Lipinski definition) is 2. The molecule has 0 aliphatic heterocycles. The molecule has 1 aromatic rings. The molecule has 0 amide bonds. The van der Waals surface area contributed by atoms with Crippen molar-refractivity contribution in [2.45, 2.75) is 31.0 Å². The number of carbonyl (C=O) groups is 1. The summed E-state index contributed by atoms with van der Waals surface area (Å²) in [7, 11) is 0. The number of carbonyl (C=O) groups excluding carboxylic acids is 1. The topological polar surface area (TPSA) is 26.3 Å². The summed E-state index contributed by atoms with van der Waals surface area (Å²) < 4.78 is 6.69. The van der Waals surface area contributed by atoms with E-state index in [2.05, 4.69) is 30.3 Å². The van der Waals surface area contributed by atoms with Crippen molar-refractivity contribution in [3.05, 3.63) is 30.3 Å². The molecule has 3 heteroatoms. The molecule has 2 aliphatic carbocycles. The Morgan fingerprint density at radius 3 is 2.84 bits per heavy atom.